The van der Waals surface area contributed by atoms with Gasteiger partial charge in [0.2, 0.25) is 0 Å². The van der Waals surface area contributed by atoms with E-state index in [1.165, 1.54) is 5.56 Å². The number of anilines is 2. The van der Waals surface area contributed by atoms with Crippen molar-refractivity contribution >= 4 is 22.9 Å². The fraction of sp³-hybridized carbons (Fsp3) is 0.267. The van der Waals surface area contributed by atoms with Crippen molar-refractivity contribution in [3.05, 3.63) is 107 Å². The van der Waals surface area contributed by atoms with E-state index in [2.05, 4.69) is 61.7 Å². The largest absolute Gasteiger partial charge is 0.375 e. The number of carbonyl (C=O) groups excluding carboxylic acids is 2. The highest BCUT2D eigenvalue weighted by Crippen LogP contribution is 2.42. The third-order valence-corrected chi connectivity index (χ3v) is 6.81. The van der Waals surface area contributed by atoms with E-state index in [4.69, 9.17) is 0 Å². The first-order chi connectivity index (χ1) is 16.3. The minimum Gasteiger partial charge on any atom is -0.375 e. The smallest absolute Gasteiger partial charge is 0.193 e. The average Bonchev–Trinajstić information content (AvgIpc) is 3.00. The molecule has 1 heterocycles. The zero-order valence-corrected chi connectivity index (χ0v) is 19.9. The van der Waals surface area contributed by atoms with E-state index < -0.39 is 0 Å². The molecular formula is C30H30N2O2. The lowest BCUT2D eigenvalue weighted by atomic mass is 9.80. The summed E-state index contributed by atoms with van der Waals surface area (Å²) in [4.78, 5) is 26.2. The molecule has 34 heavy (non-hydrogen) atoms. The third-order valence-electron chi connectivity index (χ3n) is 6.81. The van der Waals surface area contributed by atoms with Crippen LogP contribution in [0.25, 0.3) is 0 Å². The number of rotatable bonds is 3. The number of hydrogen-bond acceptors (Lipinski definition) is 4. The molecule has 2 aliphatic rings. The summed E-state index contributed by atoms with van der Waals surface area (Å²) in [5, 5.41) is 7.13. The van der Waals surface area contributed by atoms with Crippen LogP contribution >= 0.6 is 0 Å². The lowest BCUT2D eigenvalue weighted by molar-refractivity contribution is -0.122. The first-order valence-electron chi connectivity index (χ1n) is 11.9. The summed E-state index contributed by atoms with van der Waals surface area (Å²) in [6.07, 6.45) is 3.40. The third kappa shape index (κ3) is 4.16. The van der Waals surface area contributed by atoms with Gasteiger partial charge in [0.05, 0.1) is 23.3 Å². The van der Waals surface area contributed by atoms with Crippen molar-refractivity contribution in [2.75, 3.05) is 10.6 Å². The zero-order valence-electron chi connectivity index (χ0n) is 19.9. The van der Waals surface area contributed by atoms with Crippen LogP contribution in [0.15, 0.2) is 84.6 Å². The zero-order chi connectivity index (χ0) is 23.9. The maximum Gasteiger partial charge on any atom is 0.193 e. The number of carbonyl (C=O) groups is 2. The minimum absolute atomic E-state index is 0.0194. The summed E-state index contributed by atoms with van der Waals surface area (Å²) in [6, 6.07) is 23.4. The van der Waals surface area contributed by atoms with Crippen LogP contribution < -0.4 is 10.6 Å². The molecule has 3 aromatic carbocycles. The van der Waals surface area contributed by atoms with Crippen molar-refractivity contribution < 1.29 is 9.59 Å². The van der Waals surface area contributed by atoms with Crippen molar-refractivity contribution in [2.24, 2.45) is 5.92 Å². The SMILES string of the molecule is CC(C)(C)c1ccc([C@H]2Nc3ccc(C(=O)c4ccccc4)cc3NC3=CCCC(=O)[C@@H]32)cc1. The second kappa shape index (κ2) is 8.60. The van der Waals surface area contributed by atoms with Crippen LogP contribution in [0, 0.1) is 5.92 Å². The highest BCUT2D eigenvalue weighted by Gasteiger charge is 2.37. The Kier molecular flexibility index (Phi) is 5.60. The number of nitrogens with one attached hydrogen (secondary N) is 2. The molecule has 2 N–H and O–H groups in total. The van der Waals surface area contributed by atoms with E-state index in [9.17, 15) is 9.59 Å². The molecule has 3 aromatic rings. The summed E-state index contributed by atoms with van der Waals surface area (Å²) in [7, 11) is 0. The van der Waals surface area contributed by atoms with E-state index in [0.717, 1.165) is 29.1 Å². The lowest BCUT2D eigenvalue weighted by Crippen LogP contribution is -2.31. The fourth-order valence-corrected chi connectivity index (χ4v) is 4.86. The monoisotopic (exact) mass is 450 g/mol. The number of Topliss-reactive ketones (excluding diaryl/α,β-unsaturated/α-hetero) is 1. The molecule has 4 nitrogen and oxygen atoms in total. The van der Waals surface area contributed by atoms with Crippen LogP contribution in [0.3, 0.4) is 0 Å². The highest BCUT2D eigenvalue weighted by atomic mass is 16.1. The van der Waals surface area contributed by atoms with Gasteiger partial charge in [0, 0.05) is 23.2 Å². The lowest BCUT2D eigenvalue weighted by Gasteiger charge is -2.30. The molecule has 5 rings (SSSR count). The Labute approximate surface area is 201 Å². The van der Waals surface area contributed by atoms with Crippen LogP contribution in [0.1, 0.15) is 66.7 Å². The Morgan fingerprint density at radius 3 is 2.32 bits per heavy atom. The van der Waals surface area contributed by atoms with Gasteiger partial charge in [-0.3, -0.25) is 9.59 Å². The highest BCUT2D eigenvalue weighted by molar-refractivity contribution is 6.10. The molecule has 0 saturated heterocycles. The molecule has 0 unspecified atom stereocenters. The molecule has 0 aromatic heterocycles. The molecule has 172 valence electrons. The standard InChI is InChI=1S/C30H30N2O2/c1-30(2,3)22-15-12-19(13-16-22)28-27-24(10-7-11-26(27)33)31-25-18-21(14-17-23(25)32-28)29(34)20-8-5-4-6-9-20/h4-6,8-10,12-18,27-28,31-32H,7,11H2,1-3H3/t27-,28-/m1/s1. The van der Waals surface area contributed by atoms with E-state index >= 15 is 0 Å². The maximum atomic E-state index is 13.1. The fourth-order valence-electron chi connectivity index (χ4n) is 4.86. The second-order valence-electron chi connectivity index (χ2n) is 10.2. The topological polar surface area (TPSA) is 58.2 Å². The van der Waals surface area contributed by atoms with Crippen molar-refractivity contribution in [2.45, 2.75) is 45.1 Å². The summed E-state index contributed by atoms with van der Waals surface area (Å²) in [6.45, 7) is 6.60. The summed E-state index contributed by atoms with van der Waals surface area (Å²) >= 11 is 0. The first-order valence-corrected chi connectivity index (χ1v) is 11.9. The Bertz CT molecular complexity index is 1270. The molecule has 0 saturated carbocycles. The molecule has 2 atom stereocenters. The van der Waals surface area contributed by atoms with Gasteiger partial charge < -0.3 is 10.6 Å². The maximum absolute atomic E-state index is 13.1. The Morgan fingerprint density at radius 2 is 1.62 bits per heavy atom. The number of benzene rings is 3. The molecule has 0 bridgehead atoms. The van der Waals surface area contributed by atoms with Gasteiger partial charge in [-0.05, 0) is 41.2 Å². The molecule has 1 aliphatic heterocycles. The molecule has 4 heteroatoms. The van der Waals surface area contributed by atoms with Gasteiger partial charge >= 0.3 is 0 Å². The van der Waals surface area contributed by atoms with Gasteiger partial charge in [-0.2, -0.15) is 0 Å². The van der Waals surface area contributed by atoms with Gasteiger partial charge in [0.1, 0.15) is 5.78 Å². The first kappa shape index (κ1) is 22.1. The summed E-state index contributed by atoms with van der Waals surface area (Å²) in [5.74, 6) is -0.0836. The van der Waals surface area contributed by atoms with Crippen molar-refractivity contribution in [1.29, 1.82) is 0 Å². The van der Waals surface area contributed by atoms with Gasteiger partial charge in [0.15, 0.2) is 5.78 Å². The van der Waals surface area contributed by atoms with Gasteiger partial charge in [-0.15, -0.1) is 0 Å². The van der Waals surface area contributed by atoms with Gasteiger partial charge in [-0.25, -0.2) is 0 Å². The van der Waals surface area contributed by atoms with Crippen LogP contribution in [0.2, 0.25) is 0 Å². The average molecular weight is 451 g/mol. The van der Waals surface area contributed by atoms with Gasteiger partial charge in [0.25, 0.3) is 0 Å². The predicted octanol–water partition coefficient (Wildman–Crippen LogP) is 6.66. The minimum atomic E-state index is -0.296. The number of ketones is 2. The Balaban J connectivity index is 1.54. The quantitative estimate of drug-likeness (QED) is 0.438. The molecule has 0 spiro atoms. The summed E-state index contributed by atoms with van der Waals surface area (Å²) in [5.41, 5.74) is 6.31. The molecule has 0 radical (unpaired) electrons. The van der Waals surface area contributed by atoms with Crippen molar-refractivity contribution in [3.8, 4) is 0 Å². The number of fused-ring (bicyclic) bond motifs is 2. The van der Waals surface area contributed by atoms with Crippen molar-refractivity contribution in [3.63, 3.8) is 0 Å². The number of hydrogen-bond donors (Lipinski definition) is 2. The van der Waals surface area contributed by atoms with E-state index in [1.807, 2.05) is 48.5 Å². The normalized spacial score (nSPS) is 19.6. The van der Waals surface area contributed by atoms with Crippen LogP contribution in [-0.4, -0.2) is 11.6 Å². The molecule has 0 fully saturated rings. The Hall–Kier alpha value is -3.66. The van der Waals surface area contributed by atoms with Crippen LogP contribution in [0.4, 0.5) is 11.4 Å². The van der Waals surface area contributed by atoms with Crippen molar-refractivity contribution in [1.82, 2.24) is 0 Å². The Morgan fingerprint density at radius 1 is 0.882 bits per heavy atom. The van der Waals surface area contributed by atoms with Crippen LogP contribution in [-0.2, 0) is 10.2 Å². The second-order valence-corrected chi connectivity index (χ2v) is 10.2. The number of allylic oxidation sites excluding steroid dienone is 1. The van der Waals surface area contributed by atoms with Gasteiger partial charge in [-0.1, -0.05) is 81.4 Å². The van der Waals surface area contributed by atoms with E-state index in [1.54, 1.807) is 0 Å². The summed E-state index contributed by atoms with van der Waals surface area (Å²) < 4.78 is 0. The molecular weight excluding hydrogens is 420 g/mol. The van der Waals surface area contributed by atoms with E-state index in [0.29, 0.717) is 17.5 Å². The van der Waals surface area contributed by atoms with E-state index in [-0.39, 0.29) is 28.9 Å². The molecule has 0 amide bonds. The predicted molar refractivity (Wildman–Crippen MR) is 137 cm³/mol. The van der Waals surface area contributed by atoms with Crippen LogP contribution in [0.5, 0.6) is 0 Å². The molecule has 1 aliphatic carbocycles.